The second-order valence-electron chi connectivity index (χ2n) is 3.31. The third kappa shape index (κ3) is 2.19. The van der Waals surface area contributed by atoms with Crippen molar-refractivity contribution in [1.82, 2.24) is 4.90 Å². The van der Waals surface area contributed by atoms with E-state index in [0.29, 0.717) is 0 Å². The molecule has 2 atom stereocenters. The van der Waals surface area contributed by atoms with E-state index in [1.807, 2.05) is 6.92 Å². The fraction of sp³-hybridized carbons (Fsp3) is 1.00. The summed E-state index contributed by atoms with van der Waals surface area (Å²) in [6.45, 7) is 4.34. The Labute approximate surface area is 74.6 Å². The van der Waals surface area contributed by atoms with Crippen LogP contribution < -0.4 is 0 Å². The summed E-state index contributed by atoms with van der Waals surface area (Å²) < 4.78 is 10.6. The molecule has 0 N–H and O–H groups in total. The lowest BCUT2D eigenvalue weighted by atomic mass is 10.3. The summed E-state index contributed by atoms with van der Waals surface area (Å²) in [4.78, 5) is 2.34. The molecule has 1 fully saturated rings. The van der Waals surface area contributed by atoms with Crippen molar-refractivity contribution in [2.45, 2.75) is 32.1 Å². The van der Waals surface area contributed by atoms with Crippen molar-refractivity contribution >= 4 is 0 Å². The maximum Gasteiger partial charge on any atom is 0.136 e. The summed E-state index contributed by atoms with van der Waals surface area (Å²) in [5.41, 5.74) is 0. The topological polar surface area (TPSA) is 21.7 Å². The molecular weight excluding hydrogens is 154 g/mol. The zero-order valence-electron chi connectivity index (χ0n) is 8.25. The molecule has 1 heterocycles. The Morgan fingerprint density at radius 3 is 2.08 bits per heavy atom. The number of likely N-dealkylation sites (tertiary alicyclic amines) is 1. The fourth-order valence-electron chi connectivity index (χ4n) is 1.75. The van der Waals surface area contributed by atoms with Gasteiger partial charge in [-0.2, -0.15) is 0 Å². The summed E-state index contributed by atoms with van der Waals surface area (Å²) in [6.07, 6.45) is 2.87. The molecule has 0 aromatic rings. The SMILES string of the molecule is COC(C)C(OC)N1CCCC1. The van der Waals surface area contributed by atoms with E-state index in [0.717, 1.165) is 13.1 Å². The third-order valence-corrected chi connectivity index (χ3v) is 2.52. The van der Waals surface area contributed by atoms with Crippen molar-refractivity contribution in [2.75, 3.05) is 27.3 Å². The molecule has 12 heavy (non-hydrogen) atoms. The van der Waals surface area contributed by atoms with Crippen molar-refractivity contribution in [2.24, 2.45) is 0 Å². The van der Waals surface area contributed by atoms with Crippen LogP contribution in [0.25, 0.3) is 0 Å². The number of methoxy groups -OCH3 is 2. The molecule has 0 spiro atoms. The highest BCUT2D eigenvalue weighted by molar-refractivity contribution is 4.73. The van der Waals surface area contributed by atoms with Gasteiger partial charge in [0, 0.05) is 27.3 Å². The molecule has 0 aromatic heterocycles. The molecule has 0 saturated carbocycles. The first kappa shape index (κ1) is 9.96. The number of hydrogen-bond donors (Lipinski definition) is 0. The Hall–Kier alpha value is -0.120. The first-order valence-corrected chi connectivity index (χ1v) is 4.59. The van der Waals surface area contributed by atoms with Crippen LogP contribution in [-0.2, 0) is 9.47 Å². The largest absolute Gasteiger partial charge is 0.378 e. The van der Waals surface area contributed by atoms with Crippen molar-refractivity contribution in [3.63, 3.8) is 0 Å². The van der Waals surface area contributed by atoms with Crippen molar-refractivity contribution in [1.29, 1.82) is 0 Å². The van der Waals surface area contributed by atoms with Gasteiger partial charge in [0.2, 0.25) is 0 Å². The van der Waals surface area contributed by atoms with Crippen LogP contribution in [0.3, 0.4) is 0 Å². The molecular formula is C9H19NO2. The third-order valence-electron chi connectivity index (χ3n) is 2.52. The quantitative estimate of drug-likeness (QED) is 0.635. The van der Waals surface area contributed by atoms with E-state index in [1.54, 1.807) is 14.2 Å². The summed E-state index contributed by atoms with van der Waals surface area (Å²) >= 11 is 0. The van der Waals surface area contributed by atoms with Gasteiger partial charge in [-0.25, -0.2) is 0 Å². The Bertz CT molecular complexity index is 124. The molecule has 3 heteroatoms. The fourth-order valence-corrected chi connectivity index (χ4v) is 1.75. The highest BCUT2D eigenvalue weighted by Crippen LogP contribution is 2.15. The molecule has 0 aliphatic carbocycles. The number of hydrogen-bond acceptors (Lipinski definition) is 3. The van der Waals surface area contributed by atoms with Gasteiger partial charge in [0.15, 0.2) is 0 Å². The van der Waals surface area contributed by atoms with Gasteiger partial charge in [0.1, 0.15) is 6.23 Å². The summed E-state index contributed by atoms with van der Waals surface area (Å²) in [5, 5.41) is 0. The Kier molecular flexibility index (Phi) is 3.98. The second kappa shape index (κ2) is 4.80. The number of nitrogens with zero attached hydrogens (tertiary/aromatic N) is 1. The van der Waals surface area contributed by atoms with Crippen LogP contribution in [-0.4, -0.2) is 44.5 Å². The molecule has 1 aliphatic heterocycles. The molecule has 0 aromatic carbocycles. The number of ether oxygens (including phenoxy) is 2. The van der Waals surface area contributed by atoms with Crippen LogP contribution in [0.2, 0.25) is 0 Å². The van der Waals surface area contributed by atoms with E-state index in [-0.39, 0.29) is 12.3 Å². The van der Waals surface area contributed by atoms with Crippen LogP contribution >= 0.6 is 0 Å². The van der Waals surface area contributed by atoms with Crippen molar-refractivity contribution in [3.05, 3.63) is 0 Å². The number of rotatable bonds is 4. The highest BCUT2D eigenvalue weighted by atomic mass is 16.5. The maximum atomic E-state index is 5.39. The average Bonchev–Trinajstić information content (AvgIpc) is 2.58. The summed E-state index contributed by atoms with van der Waals surface area (Å²) in [6, 6.07) is 0. The van der Waals surface area contributed by atoms with Gasteiger partial charge < -0.3 is 9.47 Å². The lowest BCUT2D eigenvalue weighted by Gasteiger charge is -2.30. The van der Waals surface area contributed by atoms with E-state index in [4.69, 9.17) is 9.47 Å². The Morgan fingerprint density at radius 1 is 1.08 bits per heavy atom. The van der Waals surface area contributed by atoms with Gasteiger partial charge in [-0.05, 0) is 19.8 Å². The first-order chi connectivity index (χ1) is 5.79. The van der Waals surface area contributed by atoms with Crippen LogP contribution in [0.4, 0.5) is 0 Å². The van der Waals surface area contributed by atoms with Gasteiger partial charge in [-0.1, -0.05) is 0 Å². The molecule has 1 aliphatic rings. The molecule has 0 radical (unpaired) electrons. The highest BCUT2D eigenvalue weighted by Gasteiger charge is 2.26. The molecule has 0 bridgehead atoms. The zero-order chi connectivity index (χ0) is 8.97. The Balaban J connectivity index is 2.42. The minimum Gasteiger partial charge on any atom is -0.378 e. The zero-order valence-corrected chi connectivity index (χ0v) is 8.25. The lowest BCUT2D eigenvalue weighted by molar-refractivity contribution is -0.104. The Morgan fingerprint density at radius 2 is 1.67 bits per heavy atom. The van der Waals surface area contributed by atoms with Crippen LogP contribution in [0.5, 0.6) is 0 Å². The van der Waals surface area contributed by atoms with Gasteiger partial charge in [0.05, 0.1) is 6.10 Å². The van der Waals surface area contributed by atoms with Crippen LogP contribution in [0, 0.1) is 0 Å². The normalized spacial score (nSPS) is 24.2. The summed E-state index contributed by atoms with van der Waals surface area (Å²) in [7, 11) is 3.48. The van der Waals surface area contributed by atoms with Gasteiger partial charge in [-0.3, -0.25) is 4.90 Å². The first-order valence-electron chi connectivity index (χ1n) is 4.59. The monoisotopic (exact) mass is 173 g/mol. The van der Waals surface area contributed by atoms with Crippen molar-refractivity contribution < 1.29 is 9.47 Å². The second-order valence-corrected chi connectivity index (χ2v) is 3.31. The predicted molar refractivity (Wildman–Crippen MR) is 48.1 cm³/mol. The van der Waals surface area contributed by atoms with Gasteiger partial charge >= 0.3 is 0 Å². The smallest absolute Gasteiger partial charge is 0.136 e. The lowest BCUT2D eigenvalue weighted by Crippen LogP contribution is -2.42. The van der Waals surface area contributed by atoms with Crippen molar-refractivity contribution in [3.8, 4) is 0 Å². The minimum absolute atomic E-state index is 0.137. The summed E-state index contributed by atoms with van der Waals surface area (Å²) in [5.74, 6) is 0. The van der Waals surface area contributed by atoms with Gasteiger partial charge in [0.25, 0.3) is 0 Å². The van der Waals surface area contributed by atoms with E-state index >= 15 is 0 Å². The van der Waals surface area contributed by atoms with E-state index < -0.39 is 0 Å². The van der Waals surface area contributed by atoms with Crippen LogP contribution in [0.1, 0.15) is 19.8 Å². The van der Waals surface area contributed by atoms with Crippen LogP contribution in [0.15, 0.2) is 0 Å². The van der Waals surface area contributed by atoms with Gasteiger partial charge in [-0.15, -0.1) is 0 Å². The molecule has 1 saturated heterocycles. The van der Waals surface area contributed by atoms with E-state index in [9.17, 15) is 0 Å². The molecule has 72 valence electrons. The molecule has 1 rings (SSSR count). The average molecular weight is 173 g/mol. The molecule has 0 amide bonds. The van der Waals surface area contributed by atoms with E-state index in [1.165, 1.54) is 12.8 Å². The molecule has 3 nitrogen and oxygen atoms in total. The molecule has 2 unspecified atom stereocenters. The predicted octanol–water partition coefficient (Wildman–Crippen LogP) is 1.09. The standard InChI is InChI=1S/C9H19NO2/c1-8(11-2)9(12-3)10-6-4-5-7-10/h8-9H,4-7H2,1-3H3. The van der Waals surface area contributed by atoms with E-state index in [2.05, 4.69) is 4.90 Å². The minimum atomic E-state index is 0.137. The maximum absolute atomic E-state index is 5.39.